The predicted molar refractivity (Wildman–Crippen MR) is 141 cm³/mol. The molecule has 0 bridgehead atoms. The highest BCUT2D eigenvalue weighted by Crippen LogP contribution is 2.34. The van der Waals surface area contributed by atoms with Gasteiger partial charge in [-0.25, -0.2) is 4.98 Å². The Bertz CT molecular complexity index is 1120. The third-order valence-electron chi connectivity index (χ3n) is 5.05. The van der Waals surface area contributed by atoms with Gasteiger partial charge in [0, 0.05) is 37.4 Å². The third kappa shape index (κ3) is 8.47. The number of hydrogen-bond acceptors (Lipinski definition) is 7. The summed E-state index contributed by atoms with van der Waals surface area (Å²) >= 11 is 1.32. The molecular formula is C26H32N6O2S. The maximum atomic E-state index is 13.2. The van der Waals surface area contributed by atoms with Crippen LogP contribution >= 0.6 is 11.8 Å². The molecule has 0 saturated heterocycles. The topological polar surface area (TPSA) is 99.2 Å². The standard InChI is InChI=1S/C26H32N6O2S/c1-18-14-19(2)16-21(15-18)30-24(34)22-6-5-9-29-26(22)35-25(20-7-10-27-11-8-20)31-23(33)17-28-12-13-32(3)4/h5-11,14-16,25,28H,12-13,17H2,1-4H3,(H,30,34)(H,31,33). The van der Waals surface area contributed by atoms with Gasteiger partial charge in [-0.1, -0.05) is 17.8 Å². The van der Waals surface area contributed by atoms with Crippen molar-refractivity contribution in [3.63, 3.8) is 0 Å². The molecule has 0 spiro atoms. The number of benzene rings is 1. The summed E-state index contributed by atoms with van der Waals surface area (Å²) in [6.07, 6.45) is 5.00. The average Bonchev–Trinajstić information content (AvgIpc) is 2.81. The van der Waals surface area contributed by atoms with Crippen LogP contribution in [0.4, 0.5) is 5.69 Å². The number of anilines is 1. The van der Waals surface area contributed by atoms with Gasteiger partial charge in [0.25, 0.3) is 5.91 Å². The molecule has 0 aliphatic heterocycles. The Morgan fingerprint density at radius 1 is 1.03 bits per heavy atom. The molecule has 1 unspecified atom stereocenters. The summed E-state index contributed by atoms with van der Waals surface area (Å²) in [7, 11) is 3.97. The molecule has 0 radical (unpaired) electrons. The van der Waals surface area contributed by atoms with E-state index in [1.54, 1.807) is 30.7 Å². The molecule has 184 valence electrons. The number of aryl methyl sites for hydroxylation is 2. The van der Waals surface area contributed by atoms with Gasteiger partial charge in [0.1, 0.15) is 10.4 Å². The van der Waals surface area contributed by atoms with Gasteiger partial charge >= 0.3 is 0 Å². The van der Waals surface area contributed by atoms with Crippen LogP contribution in [0.5, 0.6) is 0 Å². The van der Waals surface area contributed by atoms with Gasteiger partial charge in [-0.15, -0.1) is 0 Å². The Kier molecular flexibility index (Phi) is 9.77. The number of carbonyl (C=O) groups is 2. The van der Waals surface area contributed by atoms with Crippen molar-refractivity contribution in [2.75, 3.05) is 39.0 Å². The molecule has 3 N–H and O–H groups in total. The second-order valence-electron chi connectivity index (χ2n) is 8.51. The Morgan fingerprint density at radius 3 is 2.43 bits per heavy atom. The summed E-state index contributed by atoms with van der Waals surface area (Å²) < 4.78 is 0. The summed E-state index contributed by atoms with van der Waals surface area (Å²) in [4.78, 5) is 36.4. The van der Waals surface area contributed by atoms with E-state index < -0.39 is 5.37 Å². The first-order valence-corrected chi connectivity index (χ1v) is 12.3. The molecule has 0 fully saturated rings. The zero-order valence-corrected chi connectivity index (χ0v) is 21.4. The lowest BCUT2D eigenvalue weighted by molar-refractivity contribution is -0.120. The molecule has 8 nitrogen and oxygen atoms in total. The van der Waals surface area contributed by atoms with E-state index in [4.69, 9.17) is 0 Å². The van der Waals surface area contributed by atoms with Gasteiger partial charge in [-0.2, -0.15) is 0 Å². The summed E-state index contributed by atoms with van der Waals surface area (Å²) in [6, 6.07) is 13.1. The number of carbonyl (C=O) groups excluding carboxylic acids is 2. The molecular weight excluding hydrogens is 460 g/mol. The Labute approximate surface area is 210 Å². The number of aromatic nitrogens is 2. The zero-order chi connectivity index (χ0) is 25.2. The van der Waals surface area contributed by atoms with Crippen LogP contribution in [-0.2, 0) is 4.79 Å². The number of thioether (sulfide) groups is 1. The predicted octanol–water partition coefficient (Wildman–Crippen LogP) is 3.40. The summed E-state index contributed by atoms with van der Waals surface area (Å²) in [5.74, 6) is -0.397. The Morgan fingerprint density at radius 2 is 1.74 bits per heavy atom. The molecule has 3 aromatic rings. The molecule has 0 aliphatic rings. The summed E-state index contributed by atoms with van der Waals surface area (Å²) in [6.45, 7) is 5.72. The van der Waals surface area contributed by atoms with Crippen LogP contribution in [-0.4, -0.2) is 60.4 Å². The largest absolute Gasteiger partial charge is 0.339 e. The van der Waals surface area contributed by atoms with Crippen molar-refractivity contribution in [1.82, 2.24) is 25.5 Å². The van der Waals surface area contributed by atoms with Crippen LogP contribution < -0.4 is 16.0 Å². The van der Waals surface area contributed by atoms with Crippen LogP contribution in [0.2, 0.25) is 0 Å². The average molecular weight is 493 g/mol. The molecule has 3 rings (SSSR count). The fourth-order valence-electron chi connectivity index (χ4n) is 3.44. The van der Waals surface area contributed by atoms with Gasteiger partial charge in [-0.3, -0.25) is 14.6 Å². The fourth-order valence-corrected chi connectivity index (χ4v) is 4.55. The molecule has 0 saturated carbocycles. The number of pyridine rings is 2. The van der Waals surface area contributed by atoms with E-state index in [9.17, 15) is 9.59 Å². The van der Waals surface area contributed by atoms with Crippen molar-refractivity contribution >= 4 is 29.3 Å². The highest BCUT2D eigenvalue weighted by atomic mass is 32.2. The lowest BCUT2D eigenvalue weighted by atomic mass is 10.1. The van der Waals surface area contributed by atoms with Gasteiger partial charge in [0.05, 0.1) is 12.1 Å². The van der Waals surface area contributed by atoms with E-state index in [2.05, 4.69) is 32.0 Å². The van der Waals surface area contributed by atoms with E-state index >= 15 is 0 Å². The number of amides is 2. The number of rotatable bonds is 11. The Balaban J connectivity index is 1.76. The third-order valence-corrected chi connectivity index (χ3v) is 6.22. The van der Waals surface area contributed by atoms with Crippen molar-refractivity contribution in [3.8, 4) is 0 Å². The van der Waals surface area contributed by atoms with E-state index in [1.165, 1.54) is 11.8 Å². The van der Waals surface area contributed by atoms with Gasteiger partial charge in [0.15, 0.2) is 0 Å². The van der Waals surface area contributed by atoms with Crippen LogP contribution in [0.3, 0.4) is 0 Å². The molecule has 35 heavy (non-hydrogen) atoms. The van der Waals surface area contributed by atoms with Gasteiger partial charge in [0.2, 0.25) is 5.91 Å². The summed E-state index contributed by atoms with van der Waals surface area (Å²) in [5.41, 5.74) is 4.17. The van der Waals surface area contributed by atoms with Crippen LogP contribution in [0.1, 0.15) is 32.4 Å². The van der Waals surface area contributed by atoms with Gasteiger partial charge < -0.3 is 20.9 Å². The molecule has 1 aromatic carbocycles. The monoisotopic (exact) mass is 492 g/mol. The van der Waals surface area contributed by atoms with E-state index in [0.29, 0.717) is 17.1 Å². The van der Waals surface area contributed by atoms with Crippen molar-refractivity contribution in [3.05, 3.63) is 83.3 Å². The minimum absolute atomic E-state index is 0.143. The number of hydrogen-bond donors (Lipinski definition) is 3. The second kappa shape index (κ2) is 13.0. The quantitative estimate of drug-likeness (QED) is 0.214. The molecule has 0 aliphatic carbocycles. The Hall–Kier alpha value is -3.27. The minimum Gasteiger partial charge on any atom is -0.339 e. The van der Waals surface area contributed by atoms with Crippen molar-refractivity contribution < 1.29 is 9.59 Å². The van der Waals surface area contributed by atoms with Crippen LogP contribution in [0.25, 0.3) is 0 Å². The molecule has 1 atom stereocenters. The zero-order valence-electron chi connectivity index (χ0n) is 20.5. The van der Waals surface area contributed by atoms with Crippen LogP contribution in [0.15, 0.2) is 66.1 Å². The number of nitrogens with zero attached hydrogens (tertiary/aromatic N) is 3. The van der Waals surface area contributed by atoms with E-state index in [0.717, 1.165) is 28.9 Å². The molecule has 2 amide bonds. The maximum Gasteiger partial charge on any atom is 0.258 e. The SMILES string of the molecule is Cc1cc(C)cc(NC(=O)c2cccnc2SC(NC(=O)CNCCN(C)C)c2ccncc2)c1. The summed E-state index contributed by atoms with van der Waals surface area (Å²) in [5, 5.41) is 9.26. The molecule has 9 heteroatoms. The van der Waals surface area contributed by atoms with Gasteiger partial charge in [-0.05, 0) is 81.0 Å². The van der Waals surface area contributed by atoms with E-state index in [1.807, 2.05) is 57.1 Å². The normalized spacial score (nSPS) is 11.8. The van der Waals surface area contributed by atoms with Crippen molar-refractivity contribution in [2.24, 2.45) is 0 Å². The minimum atomic E-state index is -0.441. The molecule has 2 heterocycles. The number of likely N-dealkylation sites (N-methyl/N-ethyl adjacent to an activating group) is 1. The smallest absolute Gasteiger partial charge is 0.258 e. The maximum absolute atomic E-state index is 13.2. The number of nitrogens with one attached hydrogen (secondary N) is 3. The molecule has 2 aromatic heterocycles. The lowest BCUT2D eigenvalue weighted by Gasteiger charge is -2.20. The first kappa shape index (κ1) is 26.3. The first-order chi connectivity index (χ1) is 16.8. The second-order valence-corrected chi connectivity index (χ2v) is 9.61. The fraction of sp³-hybridized carbons (Fsp3) is 0.308. The van der Waals surface area contributed by atoms with E-state index in [-0.39, 0.29) is 18.4 Å². The lowest BCUT2D eigenvalue weighted by Crippen LogP contribution is -2.37. The first-order valence-electron chi connectivity index (χ1n) is 11.4. The highest BCUT2D eigenvalue weighted by molar-refractivity contribution is 7.99. The highest BCUT2D eigenvalue weighted by Gasteiger charge is 2.21. The van der Waals surface area contributed by atoms with Crippen molar-refractivity contribution in [2.45, 2.75) is 24.2 Å². The van der Waals surface area contributed by atoms with Crippen LogP contribution in [0, 0.1) is 13.8 Å². The van der Waals surface area contributed by atoms with Crippen molar-refractivity contribution in [1.29, 1.82) is 0 Å².